The van der Waals surface area contributed by atoms with Crippen LogP contribution >= 0.6 is 0 Å². The number of hydrogen-bond acceptors (Lipinski definition) is 1. The van der Waals surface area contributed by atoms with Crippen molar-refractivity contribution in [3.05, 3.63) is 77.9 Å². The molecule has 1 heteroatoms. The molecule has 2 bridgehead atoms. The minimum Gasteiger partial charge on any atom is -0.300 e. The van der Waals surface area contributed by atoms with Gasteiger partial charge in [-0.15, -0.1) is 0 Å². The molecule has 2 aliphatic rings. The lowest BCUT2D eigenvalue weighted by Gasteiger charge is -2.46. The van der Waals surface area contributed by atoms with E-state index in [9.17, 15) is 0 Å². The number of hydrogen-bond donors (Lipinski definition) is 0. The Labute approximate surface area is 146 Å². The summed E-state index contributed by atoms with van der Waals surface area (Å²) in [5.74, 6) is 0.701. The van der Waals surface area contributed by atoms with Crippen LogP contribution in [0.5, 0.6) is 0 Å². The summed E-state index contributed by atoms with van der Waals surface area (Å²) in [5, 5.41) is 0. The molecule has 2 saturated heterocycles. The zero-order valence-electron chi connectivity index (χ0n) is 14.6. The minimum absolute atomic E-state index is 0.701. The Morgan fingerprint density at radius 2 is 1.33 bits per heavy atom. The summed E-state index contributed by atoms with van der Waals surface area (Å²) >= 11 is 0. The largest absolute Gasteiger partial charge is 0.300 e. The van der Waals surface area contributed by atoms with Gasteiger partial charge in [0.1, 0.15) is 0 Å². The lowest BCUT2D eigenvalue weighted by Crippen LogP contribution is -2.49. The zero-order chi connectivity index (χ0) is 16.4. The molecule has 0 radical (unpaired) electrons. The predicted molar refractivity (Wildman–Crippen MR) is 102 cm³/mol. The van der Waals surface area contributed by atoms with Crippen molar-refractivity contribution < 1.29 is 0 Å². The van der Waals surface area contributed by atoms with Crippen LogP contribution in [-0.2, 0) is 0 Å². The predicted octanol–water partition coefficient (Wildman–Crippen LogP) is 5.38. The summed E-state index contributed by atoms with van der Waals surface area (Å²) < 4.78 is 0. The van der Waals surface area contributed by atoms with Crippen LogP contribution in [0.3, 0.4) is 0 Å². The zero-order valence-corrected chi connectivity index (χ0v) is 14.6. The first-order valence-electron chi connectivity index (χ1n) is 9.36. The van der Waals surface area contributed by atoms with E-state index in [1.165, 1.54) is 48.8 Å². The molecule has 0 aliphatic carbocycles. The number of rotatable bonds is 3. The van der Waals surface area contributed by atoms with Gasteiger partial charge in [0.2, 0.25) is 0 Å². The van der Waals surface area contributed by atoms with Crippen molar-refractivity contribution in [1.29, 1.82) is 0 Å². The summed E-state index contributed by atoms with van der Waals surface area (Å²) in [6.45, 7) is 0. The average molecular weight is 317 g/mol. The second-order valence-electron chi connectivity index (χ2n) is 7.45. The standard InChI is InChI=1S/C23H27N/c1-24-21-13-8-14-22(24)16-18(15-21)17-23(19-9-4-2-5-10-19)20-11-6-3-7-12-20/h2-7,9-12,17-18,21-22H,8,13-16H2,1H3. The van der Waals surface area contributed by atoms with Gasteiger partial charge in [-0.2, -0.15) is 0 Å². The summed E-state index contributed by atoms with van der Waals surface area (Å²) in [6, 6.07) is 23.3. The van der Waals surface area contributed by atoms with E-state index < -0.39 is 0 Å². The van der Waals surface area contributed by atoms with Crippen LogP contribution in [0.1, 0.15) is 43.2 Å². The number of fused-ring (bicyclic) bond motifs is 2. The monoisotopic (exact) mass is 317 g/mol. The lowest BCUT2D eigenvalue weighted by molar-refractivity contribution is 0.0486. The first-order chi connectivity index (χ1) is 11.8. The van der Waals surface area contributed by atoms with E-state index in [-0.39, 0.29) is 0 Å². The Kier molecular flexibility index (Phi) is 4.53. The van der Waals surface area contributed by atoms with Gasteiger partial charge in [0.15, 0.2) is 0 Å². The van der Waals surface area contributed by atoms with E-state index >= 15 is 0 Å². The van der Waals surface area contributed by atoms with Gasteiger partial charge in [0, 0.05) is 12.1 Å². The summed E-state index contributed by atoms with van der Waals surface area (Å²) in [4.78, 5) is 2.65. The average Bonchev–Trinajstić information content (AvgIpc) is 2.62. The van der Waals surface area contributed by atoms with Gasteiger partial charge in [0.05, 0.1) is 0 Å². The Hall–Kier alpha value is -1.86. The molecule has 0 spiro atoms. The molecular weight excluding hydrogens is 290 g/mol. The van der Waals surface area contributed by atoms with E-state index in [1.807, 2.05) is 0 Å². The highest BCUT2D eigenvalue weighted by Gasteiger charge is 2.35. The fourth-order valence-corrected chi connectivity index (χ4v) is 4.62. The Bertz CT molecular complexity index is 633. The first kappa shape index (κ1) is 15.7. The molecule has 0 aromatic heterocycles. The molecule has 124 valence electrons. The highest BCUT2D eigenvalue weighted by Crippen LogP contribution is 2.38. The highest BCUT2D eigenvalue weighted by molar-refractivity contribution is 5.79. The topological polar surface area (TPSA) is 3.24 Å². The molecule has 4 rings (SSSR count). The quantitative estimate of drug-likeness (QED) is 0.734. The van der Waals surface area contributed by atoms with Gasteiger partial charge in [-0.05, 0) is 55.3 Å². The first-order valence-corrected chi connectivity index (χ1v) is 9.36. The van der Waals surface area contributed by atoms with Gasteiger partial charge in [-0.25, -0.2) is 0 Å². The number of piperidine rings is 2. The molecule has 2 aromatic rings. The third-order valence-electron chi connectivity index (χ3n) is 5.95. The number of benzene rings is 2. The van der Waals surface area contributed by atoms with E-state index in [2.05, 4.69) is 78.7 Å². The van der Waals surface area contributed by atoms with Gasteiger partial charge in [0.25, 0.3) is 0 Å². The van der Waals surface area contributed by atoms with E-state index in [1.54, 1.807) is 0 Å². The highest BCUT2D eigenvalue weighted by atomic mass is 15.2. The van der Waals surface area contributed by atoms with Crippen molar-refractivity contribution in [3.8, 4) is 0 Å². The van der Waals surface area contributed by atoms with Crippen LogP contribution in [0.4, 0.5) is 0 Å². The molecule has 1 nitrogen and oxygen atoms in total. The van der Waals surface area contributed by atoms with Gasteiger partial charge in [-0.3, -0.25) is 0 Å². The van der Waals surface area contributed by atoms with E-state index in [0.29, 0.717) is 5.92 Å². The van der Waals surface area contributed by atoms with Crippen LogP contribution in [0.2, 0.25) is 0 Å². The normalized spacial score (nSPS) is 26.8. The van der Waals surface area contributed by atoms with Crippen molar-refractivity contribution >= 4 is 5.57 Å². The maximum atomic E-state index is 2.65. The molecule has 2 aromatic carbocycles. The molecule has 0 N–H and O–H groups in total. The van der Waals surface area contributed by atoms with Crippen LogP contribution in [-0.4, -0.2) is 24.0 Å². The Balaban J connectivity index is 1.68. The van der Waals surface area contributed by atoms with Crippen LogP contribution in [0.15, 0.2) is 66.7 Å². The summed E-state index contributed by atoms with van der Waals surface area (Å²) in [6.07, 6.45) is 9.38. The van der Waals surface area contributed by atoms with E-state index in [0.717, 1.165) is 12.1 Å². The third kappa shape index (κ3) is 3.18. The van der Waals surface area contributed by atoms with Crippen LogP contribution in [0.25, 0.3) is 5.57 Å². The van der Waals surface area contributed by atoms with Gasteiger partial charge in [-0.1, -0.05) is 73.2 Å². The molecule has 0 saturated carbocycles. The van der Waals surface area contributed by atoms with Crippen LogP contribution < -0.4 is 0 Å². The van der Waals surface area contributed by atoms with Crippen LogP contribution in [0, 0.1) is 5.92 Å². The Morgan fingerprint density at radius 3 is 1.83 bits per heavy atom. The minimum atomic E-state index is 0.701. The Morgan fingerprint density at radius 1 is 0.833 bits per heavy atom. The summed E-state index contributed by atoms with van der Waals surface area (Å²) in [5.41, 5.74) is 4.09. The third-order valence-corrected chi connectivity index (χ3v) is 5.95. The number of allylic oxidation sites excluding steroid dienone is 1. The fourth-order valence-electron chi connectivity index (χ4n) is 4.62. The molecule has 0 amide bonds. The van der Waals surface area contributed by atoms with Gasteiger partial charge < -0.3 is 4.90 Å². The van der Waals surface area contributed by atoms with Crippen molar-refractivity contribution in [3.63, 3.8) is 0 Å². The number of nitrogens with zero attached hydrogens (tertiary/aromatic N) is 1. The van der Waals surface area contributed by atoms with Crippen molar-refractivity contribution in [2.45, 2.75) is 44.2 Å². The molecule has 2 unspecified atom stereocenters. The second kappa shape index (κ2) is 6.94. The van der Waals surface area contributed by atoms with Gasteiger partial charge >= 0.3 is 0 Å². The molecule has 2 heterocycles. The second-order valence-corrected chi connectivity index (χ2v) is 7.45. The fraction of sp³-hybridized carbons (Fsp3) is 0.391. The smallest absolute Gasteiger partial charge is 0.0101 e. The van der Waals surface area contributed by atoms with E-state index in [4.69, 9.17) is 0 Å². The van der Waals surface area contributed by atoms with Crippen molar-refractivity contribution in [2.24, 2.45) is 5.92 Å². The molecule has 2 atom stereocenters. The lowest BCUT2D eigenvalue weighted by atomic mass is 9.77. The molecule has 24 heavy (non-hydrogen) atoms. The molecule has 2 aliphatic heterocycles. The maximum absolute atomic E-state index is 2.65. The SMILES string of the molecule is CN1C2CCCC1CC(C=C(c1ccccc1)c1ccccc1)C2. The summed E-state index contributed by atoms with van der Waals surface area (Å²) in [7, 11) is 2.34. The van der Waals surface area contributed by atoms with Crippen molar-refractivity contribution in [2.75, 3.05) is 7.05 Å². The molecular formula is C23H27N. The maximum Gasteiger partial charge on any atom is 0.0101 e. The van der Waals surface area contributed by atoms with Crippen molar-refractivity contribution in [1.82, 2.24) is 4.90 Å². The molecule has 2 fully saturated rings.